The molecule has 1 heterocycles. The van der Waals surface area contributed by atoms with E-state index in [1.54, 1.807) is 44.5 Å². The van der Waals surface area contributed by atoms with Gasteiger partial charge in [-0.1, -0.05) is 26.0 Å². The molecule has 0 bridgehead atoms. The van der Waals surface area contributed by atoms with Gasteiger partial charge in [0.1, 0.15) is 23.4 Å². The maximum absolute atomic E-state index is 13.2. The van der Waals surface area contributed by atoms with Gasteiger partial charge in [0, 0.05) is 25.6 Å². The van der Waals surface area contributed by atoms with Gasteiger partial charge in [-0.2, -0.15) is 11.8 Å². The van der Waals surface area contributed by atoms with Crippen LogP contribution in [-0.4, -0.2) is 78.6 Å². The van der Waals surface area contributed by atoms with Crippen molar-refractivity contribution in [2.45, 2.75) is 78.1 Å². The summed E-state index contributed by atoms with van der Waals surface area (Å²) in [6.07, 6.45) is 2.78. The molecule has 0 saturated carbocycles. The number of nitrogens with zero attached hydrogens (tertiary/aromatic N) is 1. The number of carbonyl (C=O) groups excluding carboxylic acids is 4. The number of piperidine rings is 1. The van der Waals surface area contributed by atoms with Crippen molar-refractivity contribution in [2.24, 2.45) is 11.8 Å². The summed E-state index contributed by atoms with van der Waals surface area (Å²) in [6.45, 7) is 10.3. The molecule has 11 heteroatoms. The minimum Gasteiger partial charge on any atom is -0.497 e. The molecule has 1 aliphatic rings. The smallest absolute Gasteiger partial charge is 0.408 e. The normalized spacial score (nSPS) is 15.7. The van der Waals surface area contributed by atoms with Gasteiger partial charge in [0.2, 0.25) is 17.7 Å². The number of rotatable bonds is 12. The van der Waals surface area contributed by atoms with Gasteiger partial charge < -0.3 is 30.3 Å². The molecule has 1 aliphatic heterocycles. The Bertz CT molecular complexity index is 987. The number of amides is 4. The van der Waals surface area contributed by atoms with E-state index in [0.717, 1.165) is 11.3 Å². The molecule has 3 N–H and O–H groups in total. The van der Waals surface area contributed by atoms with Crippen molar-refractivity contribution < 1.29 is 28.7 Å². The highest BCUT2D eigenvalue weighted by atomic mass is 32.2. The largest absolute Gasteiger partial charge is 0.497 e. The Morgan fingerprint density at radius 1 is 1.05 bits per heavy atom. The molecular formula is C29H46N4O6S. The summed E-state index contributed by atoms with van der Waals surface area (Å²) in [7, 11) is 1.60. The van der Waals surface area contributed by atoms with Gasteiger partial charge >= 0.3 is 6.09 Å². The van der Waals surface area contributed by atoms with E-state index in [9.17, 15) is 19.2 Å². The molecule has 40 heavy (non-hydrogen) atoms. The number of carbonyl (C=O) groups is 4. The predicted octanol–water partition coefficient (Wildman–Crippen LogP) is 3.34. The topological polar surface area (TPSA) is 126 Å². The molecule has 0 radical (unpaired) electrons. The molecule has 1 fully saturated rings. The first-order chi connectivity index (χ1) is 18.8. The summed E-state index contributed by atoms with van der Waals surface area (Å²) in [5.74, 6) is 0.456. The van der Waals surface area contributed by atoms with Crippen LogP contribution in [0, 0.1) is 11.8 Å². The molecule has 0 unspecified atom stereocenters. The second kappa shape index (κ2) is 15.7. The van der Waals surface area contributed by atoms with E-state index in [1.807, 2.05) is 44.4 Å². The van der Waals surface area contributed by atoms with Crippen molar-refractivity contribution in [3.05, 3.63) is 29.8 Å². The number of benzene rings is 1. The third-order valence-corrected chi connectivity index (χ3v) is 7.29. The second-order valence-corrected chi connectivity index (χ2v) is 12.4. The quantitative estimate of drug-likeness (QED) is 0.347. The zero-order chi connectivity index (χ0) is 29.9. The fourth-order valence-corrected chi connectivity index (χ4v) is 4.85. The maximum Gasteiger partial charge on any atom is 0.408 e. The summed E-state index contributed by atoms with van der Waals surface area (Å²) in [5, 5.41) is 8.57. The van der Waals surface area contributed by atoms with Gasteiger partial charge in [0.15, 0.2) is 0 Å². The van der Waals surface area contributed by atoms with Crippen molar-refractivity contribution in [3.63, 3.8) is 0 Å². The van der Waals surface area contributed by atoms with E-state index < -0.39 is 23.8 Å². The van der Waals surface area contributed by atoms with Crippen LogP contribution in [0.1, 0.15) is 59.4 Å². The molecule has 2 rings (SSSR count). The lowest BCUT2D eigenvalue weighted by Gasteiger charge is -2.34. The zero-order valence-electron chi connectivity index (χ0n) is 24.9. The van der Waals surface area contributed by atoms with Crippen LogP contribution in [0.4, 0.5) is 4.79 Å². The molecule has 1 aromatic carbocycles. The lowest BCUT2D eigenvalue weighted by atomic mass is 9.94. The van der Waals surface area contributed by atoms with Gasteiger partial charge in [-0.3, -0.25) is 14.4 Å². The van der Waals surface area contributed by atoms with E-state index in [-0.39, 0.29) is 29.6 Å². The van der Waals surface area contributed by atoms with Gasteiger partial charge in [0.25, 0.3) is 0 Å². The SMILES string of the molecule is COc1ccc(CNC(=O)[C@@H](NC(=O)C2CCN(C(=O)[C@H](CCSC)NC(=O)OC(C)(C)C)CC2)C(C)C)cc1. The first-order valence-corrected chi connectivity index (χ1v) is 15.2. The number of alkyl carbamates (subject to hydrolysis) is 1. The lowest BCUT2D eigenvalue weighted by Crippen LogP contribution is -2.54. The average Bonchev–Trinajstić information content (AvgIpc) is 2.91. The first kappa shape index (κ1) is 33.3. The number of hydrogen-bond acceptors (Lipinski definition) is 7. The Labute approximate surface area is 242 Å². The molecule has 224 valence electrons. The highest BCUT2D eigenvalue weighted by Gasteiger charge is 2.34. The highest BCUT2D eigenvalue weighted by Crippen LogP contribution is 2.20. The van der Waals surface area contributed by atoms with Crippen LogP contribution in [-0.2, 0) is 25.7 Å². The number of methoxy groups -OCH3 is 1. The highest BCUT2D eigenvalue weighted by molar-refractivity contribution is 7.98. The number of ether oxygens (including phenoxy) is 2. The third-order valence-electron chi connectivity index (χ3n) is 6.65. The molecule has 0 aromatic heterocycles. The molecule has 1 aromatic rings. The van der Waals surface area contributed by atoms with Crippen molar-refractivity contribution in [1.82, 2.24) is 20.9 Å². The van der Waals surface area contributed by atoms with E-state index in [2.05, 4.69) is 16.0 Å². The Hall–Kier alpha value is -2.95. The fourth-order valence-electron chi connectivity index (χ4n) is 4.37. The second-order valence-electron chi connectivity index (χ2n) is 11.4. The summed E-state index contributed by atoms with van der Waals surface area (Å²) < 4.78 is 10.5. The summed E-state index contributed by atoms with van der Waals surface area (Å²) in [4.78, 5) is 53.3. The zero-order valence-corrected chi connectivity index (χ0v) is 25.7. The monoisotopic (exact) mass is 578 g/mol. The van der Waals surface area contributed by atoms with Crippen LogP contribution in [0.5, 0.6) is 5.75 Å². The summed E-state index contributed by atoms with van der Waals surface area (Å²) >= 11 is 1.60. The van der Waals surface area contributed by atoms with Crippen LogP contribution in [0.15, 0.2) is 24.3 Å². The number of nitrogens with one attached hydrogen (secondary N) is 3. The number of thioether (sulfide) groups is 1. The molecule has 2 atom stereocenters. The van der Waals surface area contributed by atoms with Crippen LogP contribution in [0.25, 0.3) is 0 Å². The van der Waals surface area contributed by atoms with E-state index in [1.165, 1.54) is 0 Å². The Kier molecular flexibility index (Phi) is 13.1. The predicted molar refractivity (Wildman–Crippen MR) is 157 cm³/mol. The fraction of sp³-hybridized carbons (Fsp3) is 0.655. The molecule has 0 spiro atoms. The molecule has 1 saturated heterocycles. The Balaban J connectivity index is 1.91. The number of hydrogen-bond donors (Lipinski definition) is 3. The van der Waals surface area contributed by atoms with Gasteiger partial charge in [0.05, 0.1) is 7.11 Å². The summed E-state index contributed by atoms with van der Waals surface area (Å²) in [5.41, 5.74) is 0.264. The van der Waals surface area contributed by atoms with Crippen molar-refractivity contribution in [3.8, 4) is 5.75 Å². The Morgan fingerprint density at radius 2 is 1.68 bits per heavy atom. The lowest BCUT2D eigenvalue weighted by molar-refractivity contribution is -0.138. The molecule has 4 amide bonds. The minimum absolute atomic E-state index is 0.0994. The maximum atomic E-state index is 13.2. The minimum atomic E-state index is -0.688. The van der Waals surface area contributed by atoms with Crippen molar-refractivity contribution in [2.75, 3.05) is 32.2 Å². The van der Waals surface area contributed by atoms with Gasteiger partial charge in [-0.15, -0.1) is 0 Å². The average molecular weight is 579 g/mol. The summed E-state index contributed by atoms with van der Waals surface area (Å²) in [6, 6.07) is 6.07. The van der Waals surface area contributed by atoms with Crippen molar-refractivity contribution >= 4 is 35.6 Å². The van der Waals surface area contributed by atoms with Crippen LogP contribution in [0.2, 0.25) is 0 Å². The molecule has 0 aliphatic carbocycles. The van der Waals surface area contributed by atoms with E-state index in [4.69, 9.17) is 9.47 Å². The molecule has 10 nitrogen and oxygen atoms in total. The van der Waals surface area contributed by atoms with Crippen LogP contribution >= 0.6 is 11.8 Å². The van der Waals surface area contributed by atoms with E-state index >= 15 is 0 Å². The Morgan fingerprint density at radius 3 is 2.20 bits per heavy atom. The number of likely N-dealkylation sites (tertiary alicyclic amines) is 1. The third kappa shape index (κ3) is 10.9. The molecular weight excluding hydrogens is 532 g/mol. The van der Waals surface area contributed by atoms with E-state index in [0.29, 0.717) is 44.6 Å². The van der Waals surface area contributed by atoms with Gasteiger partial charge in [-0.05, 0) is 75.7 Å². The van der Waals surface area contributed by atoms with Crippen molar-refractivity contribution in [1.29, 1.82) is 0 Å². The first-order valence-electron chi connectivity index (χ1n) is 13.8. The standard InChI is InChI=1S/C29H46N4O6S/c1-19(2)24(26(35)30-18-20-8-10-22(38-6)11-9-20)32-25(34)21-12-15-33(16-13-21)27(36)23(14-17-40-7)31-28(37)39-29(3,4)5/h8-11,19,21,23-24H,12-18H2,1-7H3,(H,30,35)(H,31,37)(H,32,34)/t23-,24-/m0/s1. The van der Waals surface area contributed by atoms with Crippen LogP contribution in [0.3, 0.4) is 0 Å². The van der Waals surface area contributed by atoms with Gasteiger partial charge in [-0.25, -0.2) is 4.79 Å². The van der Waals surface area contributed by atoms with Crippen LogP contribution < -0.4 is 20.7 Å².